The lowest BCUT2D eigenvalue weighted by atomic mass is 10.0. The minimum Gasteiger partial charge on any atom is -0.465 e. The van der Waals surface area contributed by atoms with Crippen molar-refractivity contribution in [1.82, 2.24) is 9.47 Å². The number of hydrogen-bond donors (Lipinski definition) is 1. The molecule has 1 aliphatic heterocycles. The maximum Gasteiger partial charge on any atom is 0.407 e. The molecule has 0 unspecified atom stereocenters. The Bertz CT molecular complexity index is 892. The van der Waals surface area contributed by atoms with Gasteiger partial charge in [-0.15, -0.1) is 0 Å². The average Bonchev–Trinajstić information content (AvgIpc) is 2.86. The van der Waals surface area contributed by atoms with Gasteiger partial charge in [0.05, 0.1) is 39.0 Å². The second kappa shape index (κ2) is 6.78. The molecule has 0 saturated carbocycles. The molecule has 2 aromatic rings. The number of fused-ring (bicyclic) bond motifs is 1. The number of amides is 1. The Kier molecular flexibility index (Phi) is 4.82. The molecule has 1 aromatic carbocycles. The summed E-state index contributed by atoms with van der Waals surface area (Å²) in [5, 5.41) is 21.2. The second-order valence-corrected chi connectivity index (χ2v) is 12.9. The summed E-state index contributed by atoms with van der Waals surface area (Å²) >= 11 is 0. The van der Waals surface area contributed by atoms with E-state index in [9.17, 15) is 15.2 Å². The van der Waals surface area contributed by atoms with Gasteiger partial charge in [-0.3, -0.25) is 0 Å². The van der Waals surface area contributed by atoms with E-state index in [0.29, 0.717) is 31.7 Å². The first-order valence-corrected chi connectivity index (χ1v) is 12.3. The van der Waals surface area contributed by atoms with Gasteiger partial charge in [-0.2, -0.15) is 5.26 Å². The minimum absolute atomic E-state index is 0.201. The van der Waals surface area contributed by atoms with Crippen molar-refractivity contribution in [3.63, 3.8) is 0 Å². The van der Waals surface area contributed by atoms with Gasteiger partial charge >= 0.3 is 6.09 Å². The third-order valence-electron chi connectivity index (χ3n) is 5.06. The standard InChI is InChI=1S/C19H25N3O3Si/c1-21-17-6-5-13(11-20)9-15(17)16(18(21)26(2,3)4)10-14-12-25-8-7-22(14)19(23)24/h5-6,9,14H,7-8,10,12H2,1-4H3,(H,23,24)/t14-/m0/s1. The maximum absolute atomic E-state index is 11.6. The molecule has 138 valence electrons. The Morgan fingerprint density at radius 1 is 1.42 bits per heavy atom. The van der Waals surface area contributed by atoms with Crippen LogP contribution in [-0.4, -0.2) is 54.5 Å². The Morgan fingerprint density at radius 3 is 2.77 bits per heavy atom. The van der Waals surface area contributed by atoms with Gasteiger partial charge in [-0.25, -0.2) is 4.79 Å². The summed E-state index contributed by atoms with van der Waals surface area (Å²) in [7, 11) is 0.374. The highest BCUT2D eigenvalue weighted by Crippen LogP contribution is 2.26. The van der Waals surface area contributed by atoms with Crippen LogP contribution in [0.2, 0.25) is 19.6 Å². The van der Waals surface area contributed by atoms with Crippen molar-refractivity contribution in [3.05, 3.63) is 29.3 Å². The normalized spacial score (nSPS) is 18.1. The van der Waals surface area contributed by atoms with E-state index in [0.717, 1.165) is 10.9 Å². The largest absolute Gasteiger partial charge is 0.465 e. The fourth-order valence-corrected chi connectivity index (χ4v) is 6.33. The van der Waals surface area contributed by atoms with Crippen molar-refractivity contribution >= 4 is 30.4 Å². The molecule has 1 fully saturated rings. The van der Waals surface area contributed by atoms with Crippen LogP contribution in [0.3, 0.4) is 0 Å². The molecule has 0 spiro atoms. The van der Waals surface area contributed by atoms with Crippen LogP contribution in [0.1, 0.15) is 11.1 Å². The molecule has 1 aromatic heterocycles. The van der Waals surface area contributed by atoms with Gasteiger partial charge in [-0.05, 0) is 30.2 Å². The lowest BCUT2D eigenvalue weighted by Crippen LogP contribution is -2.51. The average molecular weight is 372 g/mol. The third kappa shape index (κ3) is 3.22. The molecule has 0 aliphatic carbocycles. The summed E-state index contributed by atoms with van der Waals surface area (Å²) in [6.07, 6.45) is -0.288. The van der Waals surface area contributed by atoms with Gasteiger partial charge in [0.25, 0.3) is 0 Å². The second-order valence-electron chi connectivity index (χ2n) is 7.89. The summed E-state index contributed by atoms with van der Waals surface area (Å²) < 4.78 is 7.80. The molecule has 3 rings (SSSR count). The van der Waals surface area contributed by atoms with Gasteiger partial charge in [0.15, 0.2) is 0 Å². The van der Waals surface area contributed by atoms with Crippen molar-refractivity contribution in [3.8, 4) is 6.07 Å². The zero-order chi connectivity index (χ0) is 19.1. The topological polar surface area (TPSA) is 78.5 Å². The molecule has 1 N–H and O–H groups in total. The Balaban J connectivity index is 2.16. The van der Waals surface area contributed by atoms with Crippen molar-refractivity contribution in [2.75, 3.05) is 19.8 Å². The molecule has 1 atom stereocenters. The van der Waals surface area contributed by atoms with E-state index in [4.69, 9.17) is 4.74 Å². The Labute approximate surface area is 154 Å². The number of morpholine rings is 1. The van der Waals surface area contributed by atoms with Crippen LogP contribution in [0.15, 0.2) is 18.2 Å². The van der Waals surface area contributed by atoms with E-state index in [2.05, 4.69) is 37.3 Å². The van der Waals surface area contributed by atoms with Crippen LogP contribution in [0.5, 0.6) is 0 Å². The minimum atomic E-state index is -1.69. The number of rotatable bonds is 3. The van der Waals surface area contributed by atoms with Crippen LogP contribution < -0.4 is 5.32 Å². The zero-order valence-electron chi connectivity index (χ0n) is 15.7. The van der Waals surface area contributed by atoms with Crippen LogP contribution in [0, 0.1) is 11.3 Å². The molecule has 6 nitrogen and oxygen atoms in total. The number of nitrogens with zero attached hydrogens (tertiary/aromatic N) is 3. The lowest BCUT2D eigenvalue weighted by Gasteiger charge is -2.34. The quantitative estimate of drug-likeness (QED) is 0.841. The fourth-order valence-electron chi connectivity index (χ4n) is 4.06. The van der Waals surface area contributed by atoms with Crippen LogP contribution in [0.25, 0.3) is 10.9 Å². The van der Waals surface area contributed by atoms with E-state index < -0.39 is 14.2 Å². The number of carboxylic acid groups (broad SMARTS) is 1. The number of ether oxygens (including phenoxy) is 1. The summed E-state index contributed by atoms with van der Waals surface area (Å²) in [5.41, 5.74) is 2.89. The van der Waals surface area contributed by atoms with E-state index in [1.165, 1.54) is 15.8 Å². The van der Waals surface area contributed by atoms with Crippen molar-refractivity contribution in [2.24, 2.45) is 7.05 Å². The highest BCUT2D eigenvalue weighted by Gasteiger charge is 2.32. The van der Waals surface area contributed by atoms with Crippen LogP contribution in [-0.2, 0) is 18.2 Å². The SMILES string of the molecule is Cn1c([Si](C)(C)C)c(C[C@H]2COCCN2C(=O)O)c2cc(C#N)ccc21. The van der Waals surface area contributed by atoms with Gasteiger partial charge < -0.3 is 19.3 Å². The van der Waals surface area contributed by atoms with E-state index in [1.54, 1.807) is 0 Å². The molecule has 7 heteroatoms. The highest BCUT2D eigenvalue weighted by molar-refractivity contribution is 6.88. The molecular weight excluding hydrogens is 346 g/mol. The summed E-state index contributed by atoms with van der Waals surface area (Å²) in [5.74, 6) is 0. The predicted molar refractivity (Wildman–Crippen MR) is 104 cm³/mol. The first kappa shape index (κ1) is 18.5. The monoisotopic (exact) mass is 371 g/mol. The van der Waals surface area contributed by atoms with Gasteiger partial charge in [0, 0.05) is 29.8 Å². The van der Waals surface area contributed by atoms with E-state index in [1.807, 2.05) is 18.2 Å². The summed E-state index contributed by atoms with van der Waals surface area (Å²) in [6.45, 7) is 8.13. The van der Waals surface area contributed by atoms with Crippen molar-refractivity contribution in [2.45, 2.75) is 32.1 Å². The van der Waals surface area contributed by atoms with Crippen molar-refractivity contribution < 1.29 is 14.6 Å². The molecule has 2 heterocycles. The number of aryl methyl sites for hydroxylation is 1. The number of nitriles is 1. The number of benzene rings is 1. The van der Waals surface area contributed by atoms with Gasteiger partial charge in [0.1, 0.15) is 0 Å². The third-order valence-corrected chi connectivity index (χ3v) is 7.11. The number of aromatic nitrogens is 1. The van der Waals surface area contributed by atoms with Gasteiger partial charge in [0.2, 0.25) is 0 Å². The molecule has 1 amide bonds. The van der Waals surface area contributed by atoms with E-state index >= 15 is 0 Å². The highest BCUT2D eigenvalue weighted by atomic mass is 28.3. The van der Waals surface area contributed by atoms with E-state index in [-0.39, 0.29) is 6.04 Å². The maximum atomic E-state index is 11.6. The summed E-state index contributed by atoms with van der Waals surface area (Å²) in [6, 6.07) is 7.78. The Hall–Kier alpha value is -2.30. The first-order valence-electron chi connectivity index (χ1n) is 8.83. The first-order chi connectivity index (χ1) is 12.2. The Morgan fingerprint density at radius 2 is 2.15 bits per heavy atom. The fraction of sp³-hybridized carbons (Fsp3) is 0.474. The molecule has 0 bridgehead atoms. The van der Waals surface area contributed by atoms with Crippen LogP contribution in [0.4, 0.5) is 4.79 Å². The molecule has 0 radical (unpaired) electrons. The number of carbonyl (C=O) groups is 1. The molecule has 1 aliphatic rings. The smallest absolute Gasteiger partial charge is 0.407 e. The number of hydrogen-bond acceptors (Lipinski definition) is 3. The summed E-state index contributed by atoms with van der Waals surface area (Å²) in [4.78, 5) is 13.1. The predicted octanol–water partition coefficient (Wildman–Crippen LogP) is 2.52. The molecule has 26 heavy (non-hydrogen) atoms. The molecule has 1 saturated heterocycles. The molecular formula is C19H25N3O3Si. The van der Waals surface area contributed by atoms with Gasteiger partial charge in [-0.1, -0.05) is 19.6 Å². The van der Waals surface area contributed by atoms with Crippen LogP contribution >= 0.6 is 0 Å². The van der Waals surface area contributed by atoms with Crippen molar-refractivity contribution in [1.29, 1.82) is 5.26 Å². The lowest BCUT2D eigenvalue weighted by molar-refractivity contribution is 0.000437. The zero-order valence-corrected chi connectivity index (χ0v) is 16.7.